The first-order valence-electron chi connectivity index (χ1n) is 8.43. The van der Waals surface area contributed by atoms with Gasteiger partial charge in [-0.25, -0.2) is 9.59 Å². The molecule has 2 unspecified atom stereocenters. The fourth-order valence-corrected chi connectivity index (χ4v) is 3.32. The number of esters is 1. The van der Waals surface area contributed by atoms with Gasteiger partial charge >= 0.3 is 12.0 Å². The Bertz CT molecular complexity index is 566. The van der Waals surface area contributed by atoms with Crippen molar-refractivity contribution in [2.75, 3.05) is 38.6 Å². The highest BCUT2D eigenvalue weighted by atomic mass is 16.5. The number of urea groups is 1. The minimum atomic E-state index is -0.424. The van der Waals surface area contributed by atoms with Crippen LogP contribution in [0.3, 0.4) is 0 Å². The average Bonchev–Trinajstić information content (AvgIpc) is 2.53. The SMILES string of the molecule is COC(=O)c1cccc(NC(=O)NCCN2CC(C)CC(C)C2)c1. The molecule has 1 saturated heterocycles. The van der Waals surface area contributed by atoms with Gasteiger partial charge in [-0.2, -0.15) is 0 Å². The molecular weight excluding hydrogens is 306 g/mol. The van der Waals surface area contributed by atoms with Crippen molar-refractivity contribution in [3.05, 3.63) is 29.8 Å². The van der Waals surface area contributed by atoms with Crippen LogP contribution < -0.4 is 10.6 Å². The Balaban J connectivity index is 1.76. The van der Waals surface area contributed by atoms with Crippen LogP contribution in [0.25, 0.3) is 0 Å². The van der Waals surface area contributed by atoms with Crippen molar-refractivity contribution >= 4 is 17.7 Å². The Morgan fingerprint density at radius 2 is 1.96 bits per heavy atom. The van der Waals surface area contributed by atoms with Gasteiger partial charge in [0.05, 0.1) is 12.7 Å². The number of amides is 2. The molecule has 1 fully saturated rings. The van der Waals surface area contributed by atoms with Crippen LogP contribution in [0.1, 0.15) is 30.6 Å². The van der Waals surface area contributed by atoms with Crippen molar-refractivity contribution in [2.24, 2.45) is 11.8 Å². The zero-order valence-corrected chi connectivity index (χ0v) is 14.7. The molecule has 2 amide bonds. The Morgan fingerprint density at radius 3 is 2.62 bits per heavy atom. The minimum absolute atomic E-state index is 0.268. The number of benzene rings is 1. The topological polar surface area (TPSA) is 70.7 Å². The van der Waals surface area contributed by atoms with Gasteiger partial charge in [0.1, 0.15) is 0 Å². The lowest BCUT2D eigenvalue weighted by atomic mass is 9.92. The summed E-state index contributed by atoms with van der Waals surface area (Å²) >= 11 is 0. The van der Waals surface area contributed by atoms with Crippen LogP contribution in [-0.2, 0) is 4.74 Å². The van der Waals surface area contributed by atoms with E-state index in [2.05, 4.69) is 34.1 Å². The summed E-state index contributed by atoms with van der Waals surface area (Å²) in [5, 5.41) is 5.60. The predicted molar refractivity (Wildman–Crippen MR) is 94.2 cm³/mol. The molecule has 0 aromatic heterocycles. The molecule has 1 aliphatic rings. The van der Waals surface area contributed by atoms with Gasteiger partial charge in [-0.3, -0.25) is 0 Å². The maximum absolute atomic E-state index is 12.0. The van der Waals surface area contributed by atoms with Gasteiger partial charge < -0.3 is 20.3 Å². The molecule has 6 nitrogen and oxygen atoms in total. The van der Waals surface area contributed by atoms with E-state index in [9.17, 15) is 9.59 Å². The monoisotopic (exact) mass is 333 g/mol. The second-order valence-electron chi connectivity index (χ2n) is 6.66. The molecule has 1 aromatic carbocycles. The molecule has 6 heteroatoms. The number of methoxy groups -OCH3 is 1. The second-order valence-corrected chi connectivity index (χ2v) is 6.66. The average molecular weight is 333 g/mol. The number of carbonyl (C=O) groups is 2. The van der Waals surface area contributed by atoms with E-state index in [1.54, 1.807) is 24.3 Å². The third-order valence-corrected chi connectivity index (χ3v) is 4.20. The Morgan fingerprint density at radius 1 is 1.25 bits per heavy atom. The van der Waals surface area contributed by atoms with Crippen molar-refractivity contribution < 1.29 is 14.3 Å². The van der Waals surface area contributed by atoms with E-state index in [1.807, 2.05) is 0 Å². The van der Waals surface area contributed by atoms with Gasteiger partial charge in [-0.05, 0) is 36.5 Å². The fourth-order valence-electron chi connectivity index (χ4n) is 3.32. The summed E-state index contributed by atoms with van der Waals surface area (Å²) in [4.78, 5) is 25.9. The van der Waals surface area contributed by atoms with Gasteiger partial charge in [-0.1, -0.05) is 19.9 Å². The number of hydrogen-bond donors (Lipinski definition) is 2. The smallest absolute Gasteiger partial charge is 0.337 e. The fraction of sp³-hybridized carbons (Fsp3) is 0.556. The second kappa shape index (κ2) is 8.68. The molecule has 1 aromatic rings. The van der Waals surface area contributed by atoms with Crippen LogP contribution in [0.2, 0.25) is 0 Å². The standard InChI is InChI=1S/C18H27N3O3/c1-13-9-14(2)12-21(11-13)8-7-19-18(23)20-16-6-4-5-15(10-16)17(22)24-3/h4-6,10,13-14H,7-9,11-12H2,1-3H3,(H2,19,20,23). The highest BCUT2D eigenvalue weighted by Gasteiger charge is 2.21. The molecule has 0 aliphatic carbocycles. The summed E-state index contributed by atoms with van der Waals surface area (Å²) in [6.07, 6.45) is 1.28. The molecule has 24 heavy (non-hydrogen) atoms. The molecule has 0 spiro atoms. The summed E-state index contributed by atoms with van der Waals surface area (Å²) in [6, 6.07) is 6.42. The van der Waals surface area contributed by atoms with Crippen LogP contribution in [0.15, 0.2) is 24.3 Å². The lowest BCUT2D eigenvalue weighted by Crippen LogP contribution is -2.43. The Hall–Kier alpha value is -2.08. The van der Waals surface area contributed by atoms with Crippen molar-refractivity contribution in [3.63, 3.8) is 0 Å². The summed E-state index contributed by atoms with van der Waals surface area (Å²) in [6.45, 7) is 8.18. The molecule has 2 N–H and O–H groups in total. The van der Waals surface area contributed by atoms with Crippen LogP contribution in [0.4, 0.5) is 10.5 Å². The number of likely N-dealkylation sites (tertiary alicyclic amines) is 1. The van der Waals surface area contributed by atoms with Crippen molar-refractivity contribution in [3.8, 4) is 0 Å². The molecule has 2 rings (SSSR count). The van der Waals surface area contributed by atoms with Gasteiger partial charge in [0.2, 0.25) is 0 Å². The summed E-state index contributed by atoms with van der Waals surface area (Å²) in [7, 11) is 1.33. The molecule has 2 atom stereocenters. The number of anilines is 1. The van der Waals surface area contributed by atoms with Crippen molar-refractivity contribution in [1.82, 2.24) is 10.2 Å². The first-order valence-corrected chi connectivity index (χ1v) is 8.43. The Kier molecular flexibility index (Phi) is 6.61. The first-order chi connectivity index (χ1) is 11.5. The van der Waals surface area contributed by atoms with E-state index in [4.69, 9.17) is 0 Å². The van der Waals surface area contributed by atoms with Gasteiger partial charge in [0.15, 0.2) is 0 Å². The molecule has 132 valence electrons. The zero-order chi connectivity index (χ0) is 17.5. The third-order valence-electron chi connectivity index (χ3n) is 4.20. The van der Waals surface area contributed by atoms with Gasteiger partial charge in [0.25, 0.3) is 0 Å². The highest BCUT2D eigenvalue weighted by molar-refractivity contribution is 5.93. The van der Waals surface area contributed by atoms with Gasteiger partial charge in [0, 0.05) is 31.9 Å². The summed E-state index contributed by atoms with van der Waals surface area (Å²) in [5.41, 5.74) is 0.974. The molecule has 0 bridgehead atoms. The quantitative estimate of drug-likeness (QED) is 0.813. The van der Waals surface area contributed by atoms with Crippen molar-refractivity contribution in [2.45, 2.75) is 20.3 Å². The maximum Gasteiger partial charge on any atom is 0.337 e. The maximum atomic E-state index is 12.0. The molecule has 0 saturated carbocycles. The Labute approximate surface area is 143 Å². The number of hydrogen-bond acceptors (Lipinski definition) is 4. The largest absolute Gasteiger partial charge is 0.465 e. The predicted octanol–water partition coefficient (Wildman–Crippen LogP) is 2.57. The summed E-state index contributed by atoms with van der Waals surface area (Å²) < 4.78 is 4.67. The normalized spacial score (nSPS) is 21.1. The first kappa shape index (κ1) is 18.3. The van der Waals surface area contributed by atoms with Crippen LogP contribution in [0, 0.1) is 11.8 Å². The van der Waals surface area contributed by atoms with Crippen LogP contribution >= 0.6 is 0 Å². The molecule has 0 radical (unpaired) electrons. The van der Waals surface area contributed by atoms with E-state index in [-0.39, 0.29) is 6.03 Å². The van der Waals surface area contributed by atoms with E-state index in [1.165, 1.54) is 13.5 Å². The lowest BCUT2D eigenvalue weighted by molar-refractivity contribution is 0.0600. The van der Waals surface area contributed by atoms with Crippen LogP contribution in [-0.4, -0.2) is 50.2 Å². The third kappa shape index (κ3) is 5.53. The zero-order valence-electron chi connectivity index (χ0n) is 14.7. The molecule has 1 aliphatic heterocycles. The molecule has 1 heterocycles. The minimum Gasteiger partial charge on any atom is -0.465 e. The van der Waals surface area contributed by atoms with Crippen molar-refractivity contribution in [1.29, 1.82) is 0 Å². The lowest BCUT2D eigenvalue weighted by Gasteiger charge is -2.34. The number of ether oxygens (including phenoxy) is 1. The van der Waals surface area contributed by atoms with E-state index in [0.717, 1.165) is 19.6 Å². The van der Waals surface area contributed by atoms with E-state index in [0.29, 0.717) is 29.6 Å². The van der Waals surface area contributed by atoms with E-state index < -0.39 is 5.97 Å². The molecular formula is C18H27N3O3. The number of nitrogens with one attached hydrogen (secondary N) is 2. The van der Waals surface area contributed by atoms with Gasteiger partial charge in [-0.15, -0.1) is 0 Å². The number of nitrogens with zero attached hydrogens (tertiary/aromatic N) is 1. The number of piperidine rings is 1. The van der Waals surface area contributed by atoms with E-state index >= 15 is 0 Å². The summed E-state index contributed by atoms with van der Waals surface area (Å²) in [5.74, 6) is 1.000. The number of carbonyl (C=O) groups excluding carboxylic acids is 2. The number of rotatable bonds is 5. The highest BCUT2D eigenvalue weighted by Crippen LogP contribution is 2.20. The van der Waals surface area contributed by atoms with Crippen LogP contribution in [0.5, 0.6) is 0 Å².